The molecule has 1 heteroatoms. The van der Waals surface area contributed by atoms with Crippen molar-refractivity contribution >= 4 is 0 Å². The highest BCUT2D eigenvalue weighted by Crippen LogP contribution is 2.26. The third kappa shape index (κ3) is 1.10. The van der Waals surface area contributed by atoms with Crippen molar-refractivity contribution in [2.45, 2.75) is 31.7 Å². The van der Waals surface area contributed by atoms with E-state index >= 15 is 0 Å². The van der Waals surface area contributed by atoms with Gasteiger partial charge in [0, 0.05) is 12.6 Å². The molecule has 2 atom stereocenters. The lowest BCUT2D eigenvalue weighted by Gasteiger charge is -2.31. The van der Waals surface area contributed by atoms with Crippen LogP contribution in [0.15, 0.2) is 12.2 Å². The minimum absolute atomic E-state index is 0.600. The van der Waals surface area contributed by atoms with E-state index in [1.165, 1.54) is 25.7 Å². The largest absolute Gasteiger partial charge is 0.234 e. The van der Waals surface area contributed by atoms with E-state index in [-0.39, 0.29) is 0 Å². The first-order valence-corrected chi connectivity index (χ1v) is 4.30. The van der Waals surface area contributed by atoms with Gasteiger partial charge in [-0.25, -0.2) is 5.32 Å². The third-order valence-corrected chi connectivity index (χ3v) is 2.59. The quantitative estimate of drug-likeness (QED) is 0.450. The predicted octanol–water partition coefficient (Wildman–Crippen LogP) is 1.72. The molecule has 0 amide bonds. The monoisotopic (exact) mass is 136 g/mol. The van der Waals surface area contributed by atoms with Crippen molar-refractivity contribution < 1.29 is 0 Å². The summed E-state index contributed by atoms with van der Waals surface area (Å²) < 4.78 is 0. The number of allylic oxidation sites excluding steroid dienone is 1. The number of nitrogens with zero attached hydrogens (tertiary/aromatic N) is 1. The Hall–Kier alpha value is -0.300. The maximum Gasteiger partial charge on any atom is 0.0454 e. The number of piperidine rings is 1. The second-order valence-corrected chi connectivity index (χ2v) is 3.30. The molecule has 55 valence electrons. The highest BCUT2D eigenvalue weighted by Gasteiger charge is 2.24. The zero-order valence-electron chi connectivity index (χ0n) is 6.29. The predicted molar refractivity (Wildman–Crippen MR) is 41.9 cm³/mol. The molecule has 1 nitrogen and oxygen atoms in total. The van der Waals surface area contributed by atoms with Crippen LogP contribution in [0.1, 0.15) is 25.7 Å². The number of rotatable bonds is 0. The topological polar surface area (TPSA) is 14.1 Å². The Morgan fingerprint density at radius 3 is 3.20 bits per heavy atom. The standard InChI is InChI=1S/C9H14N/c1-2-6-9-8(4-1)5-3-7-10-9/h2,6,8-9H,1,3-5,7H2/t8-,9-/m0/s1. The molecule has 1 aliphatic heterocycles. The van der Waals surface area contributed by atoms with Gasteiger partial charge in [0.25, 0.3) is 0 Å². The van der Waals surface area contributed by atoms with Crippen LogP contribution < -0.4 is 5.32 Å². The zero-order chi connectivity index (χ0) is 6.81. The van der Waals surface area contributed by atoms with E-state index in [0.717, 1.165) is 12.5 Å². The molecule has 0 unspecified atom stereocenters. The molecule has 1 saturated heterocycles. The maximum atomic E-state index is 4.56. The van der Waals surface area contributed by atoms with Crippen LogP contribution in [0.4, 0.5) is 0 Å². The summed E-state index contributed by atoms with van der Waals surface area (Å²) in [7, 11) is 0. The van der Waals surface area contributed by atoms with E-state index in [2.05, 4.69) is 17.5 Å². The van der Waals surface area contributed by atoms with Gasteiger partial charge in [0.05, 0.1) is 0 Å². The molecule has 10 heavy (non-hydrogen) atoms. The fourth-order valence-electron chi connectivity index (χ4n) is 1.99. The fraction of sp³-hybridized carbons (Fsp3) is 0.778. The first-order chi connectivity index (χ1) is 4.97. The average molecular weight is 136 g/mol. The molecule has 1 aliphatic carbocycles. The Labute approximate surface area is 62.5 Å². The Balaban J connectivity index is 2.03. The zero-order valence-corrected chi connectivity index (χ0v) is 6.29. The smallest absolute Gasteiger partial charge is 0.0454 e. The lowest BCUT2D eigenvalue weighted by atomic mass is 9.83. The highest BCUT2D eigenvalue weighted by molar-refractivity contribution is 5.02. The van der Waals surface area contributed by atoms with Gasteiger partial charge in [-0.2, -0.15) is 0 Å². The molecular weight excluding hydrogens is 122 g/mol. The summed E-state index contributed by atoms with van der Waals surface area (Å²) in [4.78, 5) is 0. The van der Waals surface area contributed by atoms with Crippen LogP contribution in [0.25, 0.3) is 0 Å². The molecule has 0 aromatic rings. The van der Waals surface area contributed by atoms with Gasteiger partial charge in [-0.1, -0.05) is 12.2 Å². The molecule has 0 aromatic heterocycles. The van der Waals surface area contributed by atoms with E-state index in [4.69, 9.17) is 0 Å². The van der Waals surface area contributed by atoms with Crippen LogP contribution in [0.3, 0.4) is 0 Å². The first-order valence-electron chi connectivity index (χ1n) is 4.30. The normalized spacial score (nSPS) is 39.2. The van der Waals surface area contributed by atoms with Crippen molar-refractivity contribution in [2.24, 2.45) is 5.92 Å². The van der Waals surface area contributed by atoms with Gasteiger partial charge in [0.2, 0.25) is 0 Å². The number of hydrogen-bond donors (Lipinski definition) is 0. The molecule has 0 N–H and O–H groups in total. The molecule has 0 bridgehead atoms. The third-order valence-electron chi connectivity index (χ3n) is 2.59. The number of hydrogen-bond acceptors (Lipinski definition) is 0. The van der Waals surface area contributed by atoms with Gasteiger partial charge in [-0.15, -0.1) is 0 Å². The van der Waals surface area contributed by atoms with Crippen molar-refractivity contribution in [2.75, 3.05) is 6.54 Å². The van der Waals surface area contributed by atoms with E-state index in [0.29, 0.717) is 6.04 Å². The van der Waals surface area contributed by atoms with Crippen LogP contribution in [0, 0.1) is 5.92 Å². The summed E-state index contributed by atoms with van der Waals surface area (Å²) in [5.41, 5.74) is 0. The fourth-order valence-corrected chi connectivity index (χ4v) is 1.99. The highest BCUT2D eigenvalue weighted by atomic mass is 14.9. The van der Waals surface area contributed by atoms with Gasteiger partial charge < -0.3 is 0 Å². The van der Waals surface area contributed by atoms with Crippen LogP contribution in [-0.4, -0.2) is 12.6 Å². The molecule has 0 saturated carbocycles. The Bertz CT molecular complexity index is 140. The lowest BCUT2D eigenvalue weighted by Crippen LogP contribution is -2.35. The Kier molecular flexibility index (Phi) is 1.76. The van der Waals surface area contributed by atoms with E-state index in [9.17, 15) is 0 Å². The maximum absolute atomic E-state index is 4.56. The Morgan fingerprint density at radius 2 is 2.30 bits per heavy atom. The van der Waals surface area contributed by atoms with Gasteiger partial charge in [0.15, 0.2) is 0 Å². The summed E-state index contributed by atoms with van der Waals surface area (Å²) in [6.45, 7) is 1.10. The molecule has 1 heterocycles. The first kappa shape index (κ1) is 6.41. The minimum Gasteiger partial charge on any atom is -0.234 e. The minimum atomic E-state index is 0.600. The summed E-state index contributed by atoms with van der Waals surface area (Å²) in [6.07, 6.45) is 10.00. The van der Waals surface area contributed by atoms with Gasteiger partial charge in [-0.05, 0) is 31.6 Å². The second kappa shape index (κ2) is 2.75. The average Bonchev–Trinajstić information content (AvgIpc) is 2.05. The van der Waals surface area contributed by atoms with Crippen LogP contribution in [0.5, 0.6) is 0 Å². The SMILES string of the molecule is C1=C[C@@H]2[N]CCC[C@@H]2CC1. The van der Waals surface area contributed by atoms with Crippen LogP contribution >= 0.6 is 0 Å². The molecule has 1 radical (unpaired) electrons. The molecule has 0 spiro atoms. The molecule has 2 rings (SSSR count). The molecule has 1 fully saturated rings. The summed E-state index contributed by atoms with van der Waals surface area (Å²) in [5, 5.41) is 4.56. The second-order valence-electron chi connectivity index (χ2n) is 3.30. The van der Waals surface area contributed by atoms with Gasteiger partial charge in [0.1, 0.15) is 0 Å². The van der Waals surface area contributed by atoms with Crippen molar-refractivity contribution in [3.63, 3.8) is 0 Å². The summed E-state index contributed by atoms with van der Waals surface area (Å²) in [6, 6.07) is 0.600. The van der Waals surface area contributed by atoms with E-state index in [1.807, 2.05) is 0 Å². The van der Waals surface area contributed by atoms with Crippen LogP contribution in [0.2, 0.25) is 0 Å². The van der Waals surface area contributed by atoms with E-state index in [1.54, 1.807) is 0 Å². The lowest BCUT2D eigenvalue weighted by molar-refractivity contribution is 0.290. The Morgan fingerprint density at radius 1 is 1.30 bits per heavy atom. The molecular formula is C9H14N. The van der Waals surface area contributed by atoms with Crippen molar-refractivity contribution in [3.8, 4) is 0 Å². The summed E-state index contributed by atoms with van der Waals surface area (Å²) >= 11 is 0. The number of fused-ring (bicyclic) bond motifs is 1. The van der Waals surface area contributed by atoms with Crippen molar-refractivity contribution in [1.82, 2.24) is 5.32 Å². The van der Waals surface area contributed by atoms with E-state index < -0.39 is 0 Å². The summed E-state index contributed by atoms with van der Waals surface area (Å²) in [5.74, 6) is 0.902. The van der Waals surface area contributed by atoms with Gasteiger partial charge >= 0.3 is 0 Å². The van der Waals surface area contributed by atoms with Crippen LogP contribution in [-0.2, 0) is 0 Å². The van der Waals surface area contributed by atoms with Crippen molar-refractivity contribution in [3.05, 3.63) is 12.2 Å². The van der Waals surface area contributed by atoms with Gasteiger partial charge in [-0.3, -0.25) is 0 Å². The van der Waals surface area contributed by atoms with Crippen molar-refractivity contribution in [1.29, 1.82) is 0 Å². The molecule has 0 aromatic carbocycles. The molecule has 2 aliphatic rings.